The number of hydrogen-bond acceptors (Lipinski definition) is 5. The molecule has 2 aromatic carbocycles. The predicted octanol–water partition coefficient (Wildman–Crippen LogP) is 2.87. The first-order valence-electron chi connectivity index (χ1n) is 10.2. The molecule has 2 aromatic rings. The average Bonchev–Trinajstić information content (AvgIpc) is 3.04. The number of nitrogens with zero attached hydrogens (tertiary/aromatic N) is 1. The van der Waals surface area contributed by atoms with Crippen LogP contribution in [0.1, 0.15) is 24.5 Å². The molecule has 0 saturated carbocycles. The molecule has 32 heavy (non-hydrogen) atoms. The summed E-state index contributed by atoms with van der Waals surface area (Å²) in [4.78, 5) is 39.0. The van der Waals surface area contributed by atoms with E-state index < -0.39 is 23.4 Å². The highest BCUT2D eigenvalue weighted by molar-refractivity contribution is 6.30. The van der Waals surface area contributed by atoms with Gasteiger partial charge in [0, 0.05) is 11.6 Å². The summed E-state index contributed by atoms with van der Waals surface area (Å²) >= 11 is 5.95. The summed E-state index contributed by atoms with van der Waals surface area (Å²) in [6.45, 7) is 1.79. The van der Waals surface area contributed by atoms with Crippen LogP contribution in [0.15, 0.2) is 42.5 Å². The molecule has 1 saturated heterocycles. The van der Waals surface area contributed by atoms with E-state index in [1.807, 2.05) is 12.1 Å². The Labute approximate surface area is 191 Å². The third-order valence-corrected chi connectivity index (χ3v) is 5.78. The Kier molecular flexibility index (Phi) is 7.25. The number of nitrogens with one attached hydrogen (secondary N) is 2. The average molecular weight is 460 g/mol. The number of methoxy groups -OCH3 is 2. The van der Waals surface area contributed by atoms with Crippen LogP contribution in [0.3, 0.4) is 0 Å². The Morgan fingerprint density at radius 3 is 2.41 bits per heavy atom. The molecular formula is C23H26ClN3O5. The van der Waals surface area contributed by atoms with Crippen LogP contribution in [0, 0.1) is 0 Å². The number of rotatable bonds is 9. The maximum atomic E-state index is 13.1. The van der Waals surface area contributed by atoms with Gasteiger partial charge in [-0.3, -0.25) is 14.5 Å². The summed E-state index contributed by atoms with van der Waals surface area (Å²) in [7, 11) is 3.12. The largest absolute Gasteiger partial charge is 0.493 e. The molecule has 170 valence electrons. The molecule has 0 aromatic heterocycles. The minimum Gasteiger partial charge on any atom is -0.493 e. The van der Waals surface area contributed by atoms with Crippen molar-refractivity contribution in [3.63, 3.8) is 0 Å². The lowest BCUT2D eigenvalue weighted by Gasteiger charge is -2.25. The Balaban J connectivity index is 1.61. The molecule has 1 fully saturated rings. The number of halogens is 1. The van der Waals surface area contributed by atoms with E-state index in [2.05, 4.69) is 10.6 Å². The highest BCUT2D eigenvalue weighted by Crippen LogP contribution is 2.33. The molecule has 2 N–H and O–H groups in total. The molecule has 3 rings (SSSR count). The first-order valence-corrected chi connectivity index (χ1v) is 10.6. The van der Waals surface area contributed by atoms with Gasteiger partial charge in [0.25, 0.3) is 5.91 Å². The first-order chi connectivity index (χ1) is 15.3. The Bertz CT molecular complexity index is 1010. The summed E-state index contributed by atoms with van der Waals surface area (Å²) in [5.74, 6) is 0.354. The number of benzene rings is 2. The summed E-state index contributed by atoms with van der Waals surface area (Å²) in [6.07, 6.45) is 0.895. The molecule has 9 heteroatoms. The van der Waals surface area contributed by atoms with Crippen molar-refractivity contribution in [3.05, 3.63) is 58.6 Å². The number of imide groups is 1. The fourth-order valence-corrected chi connectivity index (χ4v) is 3.85. The van der Waals surface area contributed by atoms with Crippen LogP contribution in [-0.2, 0) is 21.5 Å². The van der Waals surface area contributed by atoms with E-state index in [1.54, 1.807) is 51.5 Å². The monoisotopic (exact) mass is 459 g/mol. The normalized spacial score (nSPS) is 17.8. The molecule has 0 spiro atoms. The van der Waals surface area contributed by atoms with Crippen LogP contribution in [-0.4, -0.2) is 50.1 Å². The van der Waals surface area contributed by atoms with Crippen molar-refractivity contribution in [1.82, 2.24) is 15.5 Å². The Morgan fingerprint density at radius 2 is 1.78 bits per heavy atom. The third kappa shape index (κ3) is 4.65. The van der Waals surface area contributed by atoms with Gasteiger partial charge in [-0.2, -0.15) is 0 Å². The van der Waals surface area contributed by atoms with E-state index in [4.69, 9.17) is 21.1 Å². The van der Waals surface area contributed by atoms with Crippen molar-refractivity contribution in [2.24, 2.45) is 0 Å². The molecule has 1 heterocycles. The van der Waals surface area contributed by atoms with Gasteiger partial charge in [-0.15, -0.1) is 0 Å². The number of carbonyl (C=O) groups excluding carboxylic acids is 3. The minimum atomic E-state index is -1.21. The molecule has 4 amide bonds. The van der Waals surface area contributed by atoms with Gasteiger partial charge in [0.05, 0.1) is 14.2 Å². The summed E-state index contributed by atoms with van der Waals surface area (Å²) in [6, 6.07) is 11.7. The second-order valence-corrected chi connectivity index (χ2v) is 7.81. The number of carbonyl (C=O) groups is 3. The van der Waals surface area contributed by atoms with Crippen LogP contribution in [0.25, 0.3) is 0 Å². The minimum absolute atomic E-state index is 0.341. The van der Waals surface area contributed by atoms with Gasteiger partial charge in [-0.1, -0.05) is 36.7 Å². The van der Waals surface area contributed by atoms with Crippen molar-refractivity contribution in [2.75, 3.05) is 27.3 Å². The fourth-order valence-electron chi connectivity index (χ4n) is 3.73. The molecule has 8 nitrogen and oxygen atoms in total. The quantitative estimate of drug-likeness (QED) is 0.562. The first kappa shape index (κ1) is 23.4. The van der Waals surface area contributed by atoms with Crippen LogP contribution in [0.2, 0.25) is 5.02 Å². The lowest BCUT2D eigenvalue weighted by atomic mass is 9.87. The summed E-state index contributed by atoms with van der Waals surface area (Å²) in [5, 5.41) is 6.04. The Morgan fingerprint density at radius 1 is 1.09 bits per heavy atom. The molecule has 1 aliphatic heterocycles. The second-order valence-electron chi connectivity index (χ2n) is 7.38. The van der Waals surface area contributed by atoms with E-state index in [9.17, 15) is 14.4 Å². The van der Waals surface area contributed by atoms with E-state index in [0.717, 1.165) is 10.5 Å². The van der Waals surface area contributed by atoms with Crippen LogP contribution >= 0.6 is 11.6 Å². The molecular weight excluding hydrogens is 434 g/mol. The molecule has 1 unspecified atom stereocenters. The smallest absolute Gasteiger partial charge is 0.325 e. The zero-order chi connectivity index (χ0) is 23.3. The number of amides is 4. The lowest BCUT2D eigenvalue weighted by Crippen LogP contribution is -2.45. The lowest BCUT2D eigenvalue weighted by molar-refractivity contribution is -0.135. The highest BCUT2D eigenvalue weighted by atomic mass is 35.5. The summed E-state index contributed by atoms with van der Waals surface area (Å²) in [5.41, 5.74) is 0.367. The molecule has 0 aliphatic carbocycles. The molecule has 0 radical (unpaired) electrons. The predicted molar refractivity (Wildman–Crippen MR) is 120 cm³/mol. The van der Waals surface area contributed by atoms with Crippen molar-refractivity contribution in [1.29, 1.82) is 0 Å². The van der Waals surface area contributed by atoms with Crippen molar-refractivity contribution in [2.45, 2.75) is 25.3 Å². The van der Waals surface area contributed by atoms with Crippen molar-refractivity contribution < 1.29 is 23.9 Å². The standard InChI is InChI=1S/C23H26ClN3O5/c1-4-23(16-6-8-17(24)9-7-16)21(29)27(22(30)26-23)14-20(28)25-12-11-15-5-10-18(31-2)19(13-15)32-3/h5-10,13H,4,11-12,14H2,1-3H3,(H,25,28)(H,26,30). The van der Waals surface area contributed by atoms with Gasteiger partial charge in [-0.05, 0) is 48.2 Å². The van der Waals surface area contributed by atoms with Gasteiger partial charge in [0.2, 0.25) is 5.91 Å². The van der Waals surface area contributed by atoms with Gasteiger partial charge in [0.1, 0.15) is 12.1 Å². The molecule has 1 atom stereocenters. The van der Waals surface area contributed by atoms with E-state index in [-0.39, 0.29) is 6.54 Å². The maximum absolute atomic E-state index is 13.1. The number of ether oxygens (including phenoxy) is 2. The zero-order valence-electron chi connectivity index (χ0n) is 18.2. The number of hydrogen-bond donors (Lipinski definition) is 2. The van der Waals surface area contributed by atoms with Crippen LogP contribution < -0.4 is 20.1 Å². The van der Waals surface area contributed by atoms with E-state index in [1.165, 1.54) is 0 Å². The fraction of sp³-hybridized carbons (Fsp3) is 0.348. The van der Waals surface area contributed by atoms with Gasteiger partial charge in [0.15, 0.2) is 11.5 Å². The van der Waals surface area contributed by atoms with Crippen LogP contribution in [0.4, 0.5) is 4.79 Å². The van der Waals surface area contributed by atoms with Gasteiger partial charge < -0.3 is 20.1 Å². The SMILES string of the molecule is CCC1(c2ccc(Cl)cc2)NC(=O)N(CC(=O)NCCc2ccc(OC)c(OC)c2)C1=O. The Hall–Kier alpha value is -3.26. The van der Waals surface area contributed by atoms with Crippen molar-refractivity contribution in [3.8, 4) is 11.5 Å². The zero-order valence-corrected chi connectivity index (χ0v) is 19.0. The van der Waals surface area contributed by atoms with Crippen molar-refractivity contribution >= 4 is 29.4 Å². The van der Waals surface area contributed by atoms with E-state index >= 15 is 0 Å². The maximum Gasteiger partial charge on any atom is 0.325 e. The van der Waals surface area contributed by atoms with Gasteiger partial charge in [-0.25, -0.2) is 4.79 Å². The topological polar surface area (TPSA) is 97.0 Å². The molecule has 1 aliphatic rings. The summed E-state index contributed by atoms with van der Waals surface area (Å²) < 4.78 is 10.5. The number of urea groups is 1. The van der Waals surface area contributed by atoms with E-state index in [0.29, 0.717) is 41.5 Å². The highest BCUT2D eigenvalue weighted by Gasteiger charge is 2.51. The second kappa shape index (κ2) is 9.91. The van der Waals surface area contributed by atoms with Gasteiger partial charge >= 0.3 is 6.03 Å². The van der Waals surface area contributed by atoms with Crippen LogP contribution in [0.5, 0.6) is 11.5 Å². The third-order valence-electron chi connectivity index (χ3n) is 5.53. The molecule has 0 bridgehead atoms.